The first-order valence-electron chi connectivity index (χ1n) is 5.96. The maximum atomic E-state index is 12.0. The molecule has 0 aromatic carbocycles. The fourth-order valence-electron chi connectivity index (χ4n) is 2.00. The largest absolute Gasteiger partial charge is 0.350 e. The molecule has 0 aliphatic carbocycles. The quantitative estimate of drug-likeness (QED) is 0.788. The van der Waals surface area contributed by atoms with E-state index in [0.29, 0.717) is 12.8 Å². The zero-order valence-corrected chi connectivity index (χ0v) is 10.7. The van der Waals surface area contributed by atoms with Gasteiger partial charge in [-0.2, -0.15) is 0 Å². The summed E-state index contributed by atoms with van der Waals surface area (Å²) in [7, 11) is 0. The van der Waals surface area contributed by atoms with Crippen LogP contribution in [0.3, 0.4) is 0 Å². The summed E-state index contributed by atoms with van der Waals surface area (Å²) < 4.78 is 0. The maximum Gasteiger partial charge on any atom is 0.243 e. The van der Waals surface area contributed by atoms with Gasteiger partial charge in [0.25, 0.3) is 0 Å². The van der Waals surface area contributed by atoms with E-state index in [2.05, 4.69) is 5.32 Å². The third-order valence-corrected chi connectivity index (χ3v) is 2.67. The van der Waals surface area contributed by atoms with Gasteiger partial charge in [0.1, 0.15) is 6.04 Å². The SMILES string of the molecule is CCC(C(=O)NC(C)(C)C)N1CCCC1=O. The number of amides is 2. The lowest BCUT2D eigenvalue weighted by Gasteiger charge is -2.29. The number of carbonyl (C=O) groups is 2. The third-order valence-electron chi connectivity index (χ3n) is 2.67. The number of hydrogen-bond acceptors (Lipinski definition) is 2. The van der Waals surface area contributed by atoms with E-state index in [4.69, 9.17) is 0 Å². The number of rotatable bonds is 3. The van der Waals surface area contributed by atoms with E-state index in [1.807, 2.05) is 27.7 Å². The molecular formula is C12H22N2O2. The Bertz CT molecular complexity index is 281. The molecule has 1 aliphatic rings. The van der Waals surface area contributed by atoms with Crippen molar-refractivity contribution in [1.82, 2.24) is 10.2 Å². The minimum atomic E-state index is -0.297. The van der Waals surface area contributed by atoms with Crippen LogP contribution in [0.4, 0.5) is 0 Å². The normalized spacial score (nSPS) is 18.8. The van der Waals surface area contributed by atoms with Crippen molar-refractivity contribution in [3.63, 3.8) is 0 Å². The van der Waals surface area contributed by atoms with Gasteiger partial charge in [0, 0.05) is 18.5 Å². The van der Waals surface area contributed by atoms with Crippen LogP contribution < -0.4 is 5.32 Å². The molecule has 0 saturated carbocycles. The molecule has 0 aromatic heterocycles. The summed E-state index contributed by atoms with van der Waals surface area (Å²) in [5.74, 6) is 0.0705. The predicted octanol–water partition coefficient (Wildman–Crippen LogP) is 1.30. The van der Waals surface area contributed by atoms with Crippen molar-refractivity contribution in [3.05, 3.63) is 0 Å². The van der Waals surface area contributed by atoms with Crippen LogP contribution in [0.25, 0.3) is 0 Å². The number of nitrogens with zero attached hydrogens (tertiary/aromatic N) is 1. The van der Waals surface area contributed by atoms with Crippen LogP contribution in [-0.2, 0) is 9.59 Å². The summed E-state index contributed by atoms with van der Waals surface area (Å²) in [5.41, 5.74) is -0.243. The van der Waals surface area contributed by atoms with E-state index in [1.165, 1.54) is 0 Å². The van der Waals surface area contributed by atoms with Crippen molar-refractivity contribution in [2.45, 2.75) is 58.5 Å². The van der Waals surface area contributed by atoms with Gasteiger partial charge in [-0.05, 0) is 33.6 Å². The molecule has 1 saturated heterocycles. The van der Waals surface area contributed by atoms with Crippen molar-refractivity contribution in [2.24, 2.45) is 0 Å². The first-order chi connectivity index (χ1) is 7.35. The van der Waals surface area contributed by atoms with Gasteiger partial charge in [-0.15, -0.1) is 0 Å². The van der Waals surface area contributed by atoms with Gasteiger partial charge in [-0.1, -0.05) is 6.92 Å². The molecule has 2 amide bonds. The van der Waals surface area contributed by atoms with Crippen LogP contribution in [-0.4, -0.2) is 34.8 Å². The zero-order chi connectivity index (χ0) is 12.3. The first-order valence-corrected chi connectivity index (χ1v) is 5.96. The molecule has 92 valence electrons. The van der Waals surface area contributed by atoms with Crippen molar-refractivity contribution < 1.29 is 9.59 Å². The van der Waals surface area contributed by atoms with E-state index in [0.717, 1.165) is 13.0 Å². The molecule has 16 heavy (non-hydrogen) atoms. The molecule has 0 aromatic rings. The fourth-order valence-corrected chi connectivity index (χ4v) is 2.00. The second-order valence-corrected chi connectivity index (χ2v) is 5.35. The van der Waals surface area contributed by atoms with Crippen molar-refractivity contribution >= 4 is 11.8 Å². The van der Waals surface area contributed by atoms with E-state index < -0.39 is 0 Å². The molecule has 4 nitrogen and oxygen atoms in total. The number of nitrogens with one attached hydrogen (secondary N) is 1. The number of hydrogen-bond donors (Lipinski definition) is 1. The lowest BCUT2D eigenvalue weighted by molar-refractivity contribution is -0.138. The summed E-state index contributed by atoms with van der Waals surface area (Å²) in [6.07, 6.45) is 2.13. The molecule has 1 fully saturated rings. The summed E-state index contributed by atoms with van der Waals surface area (Å²) in [5, 5.41) is 2.93. The van der Waals surface area contributed by atoms with Gasteiger partial charge in [0.2, 0.25) is 11.8 Å². The van der Waals surface area contributed by atoms with Crippen LogP contribution in [0.1, 0.15) is 47.0 Å². The Hall–Kier alpha value is -1.06. The van der Waals surface area contributed by atoms with Crippen LogP contribution >= 0.6 is 0 Å². The average molecular weight is 226 g/mol. The highest BCUT2D eigenvalue weighted by Gasteiger charge is 2.32. The Morgan fingerprint density at radius 1 is 1.50 bits per heavy atom. The second-order valence-electron chi connectivity index (χ2n) is 5.35. The molecule has 1 heterocycles. The molecule has 1 unspecified atom stereocenters. The monoisotopic (exact) mass is 226 g/mol. The van der Waals surface area contributed by atoms with E-state index in [-0.39, 0.29) is 23.4 Å². The zero-order valence-electron chi connectivity index (χ0n) is 10.7. The Morgan fingerprint density at radius 2 is 2.12 bits per heavy atom. The molecule has 1 atom stereocenters. The van der Waals surface area contributed by atoms with Gasteiger partial charge >= 0.3 is 0 Å². The average Bonchev–Trinajstić information content (AvgIpc) is 2.50. The highest BCUT2D eigenvalue weighted by Crippen LogP contribution is 2.16. The van der Waals surface area contributed by atoms with Crippen molar-refractivity contribution in [3.8, 4) is 0 Å². The third kappa shape index (κ3) is 3.22. The summed E-state index contributed by atoms with van der Waals surface area (Å²) in [6, 6.07) is -0.297. The molecule has 1 N–H and O–H groups in total. The van der Waals surface area contributed by atoms with E-state index in [1.54, 1.807) is 4.90 Å². The highest BCUT2D eigenvalue weighted by molar-refractivity contribution is 5.88. The fraction of sp³-hybridized carbons (Fsp3) is 0.833. The number of carbonyl (C=O) groups excluding carboxylic acids is 2. The molecule has 4 heteroatoms. The van der Waals surface area contributed by atoms with Crippen molar-refractivity contribution in [2.75, 3.05) is 6.54 Å². The van der Waals surface area contributed by atoms with E-state index >= 15 is 0 Å². The number of likely N-dealkylation sites (tertiary alicyclic amines) is 1. The van der Waals surface area contributed by atoms with E-state index in [9.17, 15) is 9.59 Å². The predicted molar refractivity (Wildman–Crippen MR) is 62.9 cm³/mol. The molecule has 1 aliphatic heterocycles. The first kappa shape index (κ1) is 13.0. The van der Waals surface area contributed by atoms with Crippen LogP contribution in [0, 0.1) is 0 Å². The lowest BCUT2D eigenvalue weighted by Crippen LogP contribution is -2.52. The van der Waals surface area contributed by atoms with Crippen LogP contribution in [0.5, 0.6) is 0 Å². The topological polar surface area (TPSA) is 49.4 Å². The molecule has 0 radical (unpaired) electrons. The molecule has 0 spiro atoms. The van der Waals surface area contributed by atoms with Crippen LogP contribution in [0.15, 0.2) is 0 Å². The molecule has 0 bridgehead atoms. The summed E-state index contributed by atoms with van der Waals surface area (Å²) >= 11 is 0. The Kier molecular flexibility index (Phi) is 3.94. The standard InChI is InChI=1S/C12H22N2O2/c1-5-9(11(16)13-12(2,3)4)14-8-6-7-10(14)15/h9H,5-8H2,1-4H3,(H,13,16). The van der Waals surface area contributed by atoms with Gasteiger partial charge in [-0.3, -0.25) is 9.59 Å². The smallest absolute Gasteiger partial charge is 0.243 e. The van der Waals surface area contributed by atoms with Gasteiger partial charge in [0.05, 0.1) is 0 Å². The second kappa shape index (κ2) is 4.85. The van der Waals surface area contributed by atoms with Gasteiger partial charge < -0.3 is 10.2 Å². The Balaban J connectivity index is 2.67. The van der Waals surface area contributed by atoms with Crippen LogP contribution in [0.2, 0.25) is 0 Å². The molecule has 1 rings (SSSR count). The Labute approximate surface area is 97.4 Å². The molecular weight excluding hydrogens is 204 g/mol. The Morgan fingerprint density at radius 3 is 2.50 bits per heavy atom. The minimum absolute atomic E-state index is 0.0368. The van der Waals surface area contributed by atoms with Crippen molar-refractivity contribution in [1.29, 1.82) is 0 Å². The maximum absolute atomic E-state index is 12.0. The minimum Gasteiger partial charge on any atom is -0.350 e. The summed E-state index contributed by atoms with van der Waals surface area (Å²) in [6.45, 7) is 8.50. The van der Waals surface area contributed by atoms with Gasteiger partial charge in [-0.25, -0.2) is 0 Å². The highest BCUT2D eigenvalue weighted by atomic mass is 16.2. The van der Waals surface area contributed by atoms with Gasteiger partial charge in [0.15, 0.2) is 0 Å². The summed E-state index contributed by atoms with van der Waals surface area (Å²) in [4.78, 5) is 25.3. The lowest BCUT2D eigenvalue weighted by atomic mass is 10.1.